The molecule has 0 radical (unpaired) electrons. The maximum Gasteiger partial charge on any atom is 0.165 e. The maximum absolute atomic E-state index is 13.7. The first-order chi connectivity index (χ1) is 14.1. The molecular weight excluding hydrogens is 371 g/mol. The maximum atomic E-state index is 13.7. The molecule has 5 heteroatoms. The molecule has 1 N–H and O–H groups in total. The van der Waals surface area contributed by atoms with Crippen molar-refractivity contribution < 1.29 is 23.8 Å². The van der Waals surface area contributed by atoms with Crippen molar-refractivity contribution in [1.82, 2.24) is 0 Å². The van der Waals surface area contributed by atoms with E-state index in [2.05, 4.69) is 0 Å². The number of methoxy groups -OCH3 is 1. The lowest BCUT2D eigenvalue weighted by Crippen LogP contribution is -2.05. The minimum absolute atomic E-state index is 0.0118. The van der Waals surface area contributed by atoms with Gasteiger partial charge in [-0.1, -0.05) is 48.5 Å². The zero-order chi connectivity index (χ0) is 20.6. The second-order valence-electron chi connectivity index (χ2n) is 6.40. The predicted molar refractivity (Wildman–Crippen MR) is 110 cm³/mol. The summed E-state index contributed by atoms with van der Waals surface area (Å²) in [7, 11) is 1.47. The van der Waals surface area contributed by atoms with Crippen LogP contribution in [0.3, 0.4) is 0 Å². The number of carbonyl (C=O) groups excluding carboxylic acids is 1. The summed E-state index contributed by atoms with van der Waals surface area (Å²) in [5, 5.41) is 9.82. The number of rotatable bonds is 8. The molecule has 0 atom stereocenters. The van der Waals surface area contributed by atoms with Gasteiger partial charge in [0.25, 0.3) is 0 Å². The lowest BCUT2D eigenvalue weighted by Gasteiger charge is -2.11. The van der Waals surface area contributed by atoms with Crippen LogP contribution >= 0.6 is 0 Å². The lowest BCUT2D eigenvalue weighted by molar-refractivity contribution is -0.113. The molecule has 3 aromatic carbocycles. The number of hydrogen-bond donors (Lipinski definition) is 1. The fourth-order valence-corrected chi connectivity index (χ4v) is 2.83. The summed E-state index contributed by atoms with van der Waals surface area (Å²) in [6.07, 6.45) is 3.30. The Morgan fingerprint density at radius 1 is 1.00 bits per heavy atom. The first kappa shape index (κ1) is 20.1. The Bertz CT molecular complexity index is 1030. The van der Waals surface area contributed by atoms with Crippen molar-refractivity contribution in [2.24, 2.45) is 0 Å². The molecule has 0 aliphatic carbocycles. The summed E-state index contributed by atoms with van der Waals surface area (Å²) >= 11 is 0. The number of hydrogen-bond acceptors (Lipinski definition) is 4. The van der Waals surface area contributed by atoms with Gasteiger partial charge in [-0.2, -0.15) is 0 Å². The van der Waals surface area contributed by atoms with E-state index in [4.69, 9.17) is 9.47 Å². The van der Waals surface area contributed by atoms with Crippen LogP contribution in [-0.4, -0.2) is 18.0 Å². The fraction of sp³-hybridized carbons (Fsp3) is 0.125. The summed E-state index contributed by atoms with van der Waals surface area (Å²) in [6.45, 7) is 0.167. The zero-order valence-electron chi connectivity index (χ0n) is 16.0. The highest BCUT2D eigenvalue weighted by atomic mass is 19.1. The van der Waals surface area contributed by atoms with Crippen LogP contribution in [0.5, 0.6) is 17.2 Å². The highest BCUT2D eigenvalue weighted by molar-refractivity contribution is 5.95. The second-order valence-corrected chi connectivity index (χ2v) is 6.40. The molecule has 148 valence electrons. The van der Waals surface area contributed by atoms with Gasteiger partial charge in [0, 0.05) is 6.42 Å². The van der Waals surface area contributed by atoms with E-state index in [9.17, 15) is 14.3 Å². The van der Waals surface area contributed by atoms with Gasteiger partial charge in [0.2, 0.25) is 0 Å². The highest BCUT2D eigenvalue weighted by Crippen LogP contribution is 2.26. The SMILES string of the molecule is COc1ccc(/C=C/C(=O)Cc2ccccc2COc2ccccc2F)cc1O. The lowest BCUT2D eigenvalue weighted by atomic mass is 10.0. The van der Waals surface area contributed by atoms with E-state index >= 15 is 0 Å². The number of ketones is 1. The molecule has 29 heavy (non-hydrogen) atoms. The highest BCUT2D eigenvalue weighted by Gasteiger charge is 2.08. The van der Waals surface area contributed by atoms with Crippen LogP contribution in [-0.2, 0) is 17.8 Å². The van der Waals surface area contributed by atoms with Gasteiger partial charge in [-0.15, -0.1) is 0 Å². The van der Waals surface area contributed by atoms with Crippen molar-refractivity contribution in [3.63, 3.8) is 0 Å². The molecule has 0 aliphatic rings. The molecule has 0 aliphatic heterocycles. The third kappa shape index (κ3) is 5.45. The number of benzene rings is 3. The Hall–Kier alpha value is -3.60. The Morgan fingerprint density at radius 3 is 2.45 bits per heavy atom. The smallest absolute Gasteiger partial charge is 0.165 e. The number of ether oxygens (including phenoxy) is 2. The van der Waals surface area contributed by atoms with Crippen LogP contribution in [0.25, 0.3) is 6.08 Å². The topological polar surface area (TPSA) is 55.8 Å². The van der Waals surface area contributed by atoms with Gasteiger partial charge in [0.15, 0.2) is 28.8 Å². The van der Waals surface area contributed by atoms with Crippen LogP contribution in [0, 0.1) is 5.82 Å². The molecule has 0 fully saturated rings. The van der Waals surface area contributed by atoms with Crippen molar-refractivity contribution >= 4 is 11.9 Å². The number of para-hydroxylation sites is 1. The molecule has 0 saturated heterocycles. The number of carbonyl (C=O) groups is 1. The van der Waals surface area contributed by atoms with Gasteiger partial charge in [-0.25, -0.2) is 4.39 Å². The molecule has 3 aromatic rings. The number of aromatic hydroxyl groups is 1. The molecule has 0 amide bonds. The zero-order valence-corrected chi connectivity index (χ0v) is 16.0. The first-order valence-corrected chi connectivity index (χ1v) is 9.09. The van der Waals surface area contributed by atoms with E-state index in [1.165, 1.54) is 25.3 Å². The molecule has 0 aromatic heterocycles. The molecule has 0 unspecified atom stereocenters. The van der Waals surface area contributed by atoms with Crippen molar-refractivity contribution in [2.75, 3.05) is 7.11 Å². The van der Waals surface area contributed by atoms with Gasteiger partial charge in [-0.05, 0) is 47.0 Å². The largest absolute Gasteiger partial charge is 0.504 e. The van der Waals surface area contributed by atoms with Crippen LogP contribution < -0.4 is 9.47 Å². The normalized spacial score (nSPS) is 10.8. The second kappa shape index (κ2) is 9.55. The summed E-state index contributed by atoms with van der Waals surface area (Å²) in [6, 6.07) is 18.5. The summed E-state index contributed by atoms with van der Waals surface area (Å²) in [5.41, 5.74) is 2.32. The Morgan fingerprint density at radius 2 is 1.72 bits per heavy atom. The van der Waals surface area contributed by atoms with Gasteiger partial charge < -0.3 is 14.6 Å². The van der Waals surface area contributed by atoms with Crippen molar-refractivity contribution in [3.8, 4) is 17.2 Å². The summed E-state index contributed by atoms with van der Waals surface area (Å²) in [5.74, 6) is 0.0354. The van der Waals surface area contributed by atoms with Crippen LogP contribution in [0.1, 0.15) is 16.7 Å². The van der Waals surface area contributed by atoms with Crippen LogP contribution in [0.15, 0.2) is 72.8 Å². The van der Waals surface area contributed by atoms with Crippen LogP contribution in [0.2, 0.25) is 0 Å². The van der Waals surface area contributed by atoms with Crippen molar-refractivity contribution in [3.05, 3.63) is 95.3 Å². The Balaban J connectivity index is 1.66. The average molecular weight is 392 g/mol. The number of halogens is 1. The molecule has 0 heterocycles. The predicted octanol–water partition coefficient (Wildman–Crippen LogP) is 4.94. The van der Waals surface area contributed by atoms with E-state index in [-0.39, 0.29) is 30.3 Å². The third-order valence-corrected chi connectivity index (χ3v) is 4.37. The minimum Gasteiger partial charge on any atom is -0.504 e. The van der Waals surface area contributed by atoms with Crippen molar-refractivity contribution in [1.29, 1.82) is 0 Å². The average Bonchev–Trinajstić information content (AvgIpc) is 2.73. The van der Waals surface area contributed by atoms with Crippen molar-refractivity contribution in [2.45, 2.75) is 13.0 Å². The van der Waals surface area contributed by atoms with Gasteiger partial charge in [-0.3, -0.25) is 4.79 Å². The van der Waals surface area contributed by atoms with E-state index in [1.807, 2.05) is 24.3 Å². The van der Waals surface area contributed by atoms with Gasteiger partial charge >= 0.3 is 0 Å². The number of phenolic OH excluding ortho intramolecular Hbond substituents is 1. The number of phenols is 1. The van der Waals surface area contributed by atoms with Gasteiger partial charge in [0.05, 0.1) is 7.11 Å². The van der Waals surface area contributed by atoms with Crippen LogP contribution in [0.4, 0.5) is 4.39 Å². The molecule has 3 rings (SSSR count). The van der Waals surface area contributed by atoms with E-state index in [0.717, 1.165) is 11.1 Å². The molecule has 4 nitrogen and oxygen atoms in total. The van der Waals surface area contributed by atoms with Gasteiger partial charge in [0.1, 0.15) is 6.61 Å². The molecule has 0 spiro atoms. The Labute approximate surface area is 168 Å². The number of allylic oxidation sites excluding steroid dienone is 1. The summed E-state index contributed by atoms with van der Waals surface area (Å²) < 4.78 is 24.3. The quantitative estimate of drug-likeness (QED) is 0.552. The molecule has 0 bridgehead atoms. The molecule has 0 saturated carbocycles. The minimum atomic E-state index is -0.424. The monoisotopic (exact) mass is 392 g/mol. The summed E-state index contributed by atoms with van der Waals surface area (Å²) in [4.78, 5) is 12.4. The fourth-order valence-electron chi connectivity index (χ4n) is 2.83. The standard InChI is InChI=1S/C24H21FO4/c1-28-24-13-11-17(14-22(24)27)10-12-20(26)15-18-6-2-3-7-19(18)16-29-23-9-5-4-8-21(23)25/h2-14,27H,15-16H2,1H3/b12-10+. The Kier molecular flexibility index (Phi) is 6.63. The third-order valence-electron chi connectivity index (χ3n) is 4.37. The molecular formula is C24H21FO4. The first-order valence-electron chi connectivity index (χ1n) is 9.09. The van der Waals surface area contributed by atoms with E-state index in [1.54, 1.807) is 36.4 Å². The van der Waals surface area contributed by atoms with E-state index < -0.39 is 5.82 Å². The van der Waals surface area contributed by atoms with E-state index in [0.29, 0.717) is 11.3 Å².